The molecule has 0 unspecified atom stereocenters. The van der Waals surface area contributed by atoms with E-state index in [0.29, 0.717) is 18.0 Å². The first-order valence-corrected chi connectivity index (χ1v) is 11.3. The molecule has 0 saturated carbocycles. The van der Waals surface area contributed by atoms with E-state index in [1.807, 2.05) is 0 Å². The van der Waals surface area contributed by atoms with Crippen molar-refractivity contribution in [1.29, 1.82) is 0 Å². The predicted octanol–water partition coefficient (Wildman–Crippen LogP) is 7.77. The van der Waals surface area contributed by atoms with Crippen molar-refractivity contribution in [3.8, 4) is 0 Å². The molecule has 0 amide bonds. The number of benzene rings is 4. The Hall–Kier alpha value is -3.00. The summed E-state index contributed by atoms with van der Waals surface area (Å²) < 4.78 is 0. The molecule has 4 aromatic rings. The van der Waals surface area contributed by atoms with Crippen LogP contribution in [0.2, 0.25) is 0 Å². The quantitative estimate of drug-likeness (QED) is 0.361. The Labute approximate surface area is 179 Å². The summed E-state index contributed by atoms with van der Waals surface area (Å²) in [7, 11) is 0. The maximum absolute atomic E-state index is 3.94. The van der Waals surface area contributed by atoms with Crippen LogP contribution in [0.1, 0.15) is 44.7 Å². The van der Waals surface area contributed by atoms with E-state index in [1.54, 1.807) is 0 Å². The van der Waals surface area contributed by atoms with Gasteiger partial charge in [-0.25, -0.2) is 0 Å². The highest BCUT2D eigenvalue weighted by Gasteiger charge is 2.35. The topological polar surface area (TPSA) is 24.1 Å². The molecule has 0 aromatic heterocycles. The fourth-order valence-electron chi connectivity index (χ4n) is 5.17. The van der Waals surface area contributed by atoms with E-state index < -0.39 is 0 Å². The van der Waals surface area contributed by atoms with Crippen molar-refractivity contribution in [3.05, 3.63) is 84.4 Å². The summed E-state index contributed by atoms with van der Waals surface area (Å²) in [5.74, 6) is 0.546. The highest BCUT2D eigenvalue weighted by molar-refractivity contribution is 5.89. The van der Waals surface area contributed by atoms with Crippen molar-refractivity contribution in [3.63, 3.8) is 0 Å². The molecule has 0 aliphatic carbocycles. The summed E-state index contributed by atoms with van der Waals surface area (Å²) in [4.78, 5) is 0. The number of nitrogens with one attached hydrogen (secondary N) is 2. The van der Waals surface area contributed by atoms with E-state index >= 15 is 0 Å². The second-order valence-corrected chi connectivity index (χ2v) is 8.58. The van der Waals surface area contributed by atoms with Gasteiger partial charge in [-0.05, 0) is 64.2 Å². The summed E-state index contributed by atoms with van der Waals surface area (Å²) >= 11 is 0. The van der Waals surface area contributed by atoms with Crippen LogP contribution in [0.15, 0.2) is 78.9 Å². The average Bonchev–Trinajstić information content (AvgIpc) is 2.78. The minimum atomic E-state index is 0.300. The van der Waals surface area contributed by atoms with Gasteiger partial charge in [0, 0.05) is 23.3 Å². The van der Waals surface area contributed by atoms with Gasteiger partial charge in [-0.3, -0.25) is 0 Å². The lowest BCUT2D eigenvalue weighted by Gasteiger charge is -2.41. The van der Waals surface area contributed by atoms with E-state index in [2.05, 4.69) is 103 Å². The molecule has 2 N–H and O–H groups in total. The fourth-order valence-corrected chi connectivity index (χ4v) is 5.17. The maximum atomic E-state index is 3.94. The highest BCUT2D eigenvalue weighted by Crippen LogP contribution is 2.43. The Balaban J connectivity index is 1.60. The Bertz CT molecular complexity index is 1180. The molecule has 1 aliphatic rings. The van der Waals surface area contributed by atoms with Gasteiger partial charge in [-0.15, -0.1) is 0 Å². The van der Waals surface area contributed by atoms with Gasteiger partial charge in [0.1, 0.15) is 0 Å². The van der Waals surface area contributed by atoms with E-state index in [9.17, 15) is 0 Å². The van der Waals surface area contributed by atoms with E-state index in [0.717, 1.165) is 6.42 Å². The van der Waals surface area contributed by atoms with E-state index in [4.69, 9.17) is 0 Å². The Morgan fingerprint density at radius 2 is 1.43 bits per heavy atom. The number of hydrogen-bond acceptors (Lipinski definition) is 2. The van der Waals surface area contributed by atoms with Gasteiger partial charge >= 0.3 is 0 Å². The van der Waals surface area contributed by atoms with Gasteiger partial charge in [-0.2, -0.15) is 0 Å². The Morgan fingerprint density at radius 3 is 2.13 bits per heavy atom. The lowest BCUT2D eigenvalue weighted by atomic mass is 9.78. The van der Waals surface area contributed by atoms with Crippen molar-refractivity contribution in [2.75, 3.05) is 10.6 Å². The molecule has 0 fully saturated rings. The lowest BCUT2D eigenvalue weighted by Crippen LogP contribution is -2.40. The minimum absolute atomic E-state index is 0.300. The first-order valence-electron chi connectivity index (χ1n) is 11.3. The number of rotatable bonds is 5. The lowest BCUT2D eigenvalue weighted by molar-refractivity contribution is 0.349. The van der Waals surface area contributed by atoms with Crippen molar-refractivity contribution >= 4 is 32.9 Å². The predicted molar refractivity (Wildman–Crippen MR) is 130 cm³/mol. The molecule has 2 nitrogen and oxygen atoms in total. The van der Waals surface area contributed by atoms with Crippen molar-refractivity contribution in [1.82, 2.24) is 0 Å². The first kappa shape index (κ1) is 19.0. The van der Waals surface area contributed by atoms with Crippen molar-refractivity contribution in [2.45, 2.75) is 45.2 Å². The Morgan fingerprint density at radius 1 is 0.767 bits per heavy atom. The largest absolute Gasteiger partial charge is 0.382 e. The second kappa shape index (κ2) is 8.02. The van der Waals surface area contributed by atoms with Crippen LogP contribution in [-0.4, -0.2) is 6.04 Å². The third-order valence-electron chi connectivity index (χ3n) is 6.68. The molecular weight excluding hydrogens is 364 g/mol. The van der Waals surface area contributed by atoms with Crippen LogP contribution in [-0.2, 0) is 0 Å². The van der Waals surface area contributed by atoms with Gasteiger partial charge in [0.05, 0.1) is 6.04 Å². The van der Waals surface area contributed by atoms with Gasteiger partial charge in [0.25, 0.3) is 0 Å². The van der Waals surface area contributed by atoms with Crippen LogP contribution >= 0.6 is 0 Å². The monoisotopic (exact) mass is 394 g/mol. The molecule has 2 heteroatoms. The molecule has 4 aromatic carbocycles. The molecule has 3 atom stereocenters. The summed E-state index contributed by atoms with van der Waals surface area (Å²) in [5.41, 5.74) is 3.88. The molecule has 0 radical (unpaired) electrons. The summed E-state index contributed by atoms with van der Waals surface area (Å²) in [6.45, 7) is 4.62. The van der Waals surface area contributed by atoms with Crippen LogP contribution in [0.3, 0.4) is 0 Å². The molecule has 5 rings (SSSR count). The van der Waals surface area contributed by atoms with E-state index in [-0.39, 0.29) is 0 Å². The summed E-state index contributed by atoms with van der Waals surface area (Å²) in [6, 6.07) is 29.6. The molecule has 0 bridgehead atoms. The van der Waals surface area contributed by atoms with Crippen LogP contribution in [0.25, 0.3) is 21.5 Å². The minimum Gasteiger partial charge on any atom is -0.382 e. The Kier molecular flexibility index (Phi) is 5.08. The number of fused-ring (bicyclic) bond motifs is 3. The molecule has 152 valence electrons. The smallest absolute Gasteiger partial charge is 0.0582 e. The third-order valence-corrected chi connectivity index (χ3v) is 6.68. The molecule has 1 heterocycles. The zero-order valence-electron chi connectivity index (χ0n) is 17.9. The fraction of sp³-hybridized carbons (Fsp3) is 0.286. The maximum Gasteiger partial charge on any atom is 0.0582 e. The van der Waals surface area contributed by atoms with Crippen LogP contribution in [0.5, 0.6) is 0 Å². The van der Waals surface area contributed by atoms with Crippen LogP contribution in [0.4, 0.5) is 11.4 Å². The summed E-state index contributed by atoms with van der Waals surface area (Å²) in [5, 5.41) is 13.0. The molecule has 1 aliphatic heterocycles. The molecular formula is C28H30N2. The standard InChI is InChI=1S/C28H30N2/c1-3-9-26-24(4-2)28(29-23-15-14-19-10-5-6-11-20(19)16-23)25-17-21-12-7-8-13-22(21)18-27(25)30-26/h5-8,10-18,24,26,28-30H,3-4,9H2,1-2H3/t24-,26+,28+/m1/s1. The molecule has 0 spiro atoms. The van der Waals surface area contributed by atoms with Crippen LogP contribution in [0, 0.1) is 5.92 Å². The number of hydrogen-bond donors (Lipinski definition) is 2. The average molecular weight is 395 g/mol. The second-order valence-electron chi connectivity index (χ2n) is 8.58. The number of anilines is 2. The zero-order valence-corrected chi connectivity index (χ0v) is 17.9. The molecule has 30 heavy (non-hydrogen) atoms. The highest BCUT2D eigenvalue weighted by atomic mass is 15.0. The van der Waals surface area contributed by atoms with Crippen molar-refractivity contribution < 1.29 is 0 Å². The normalized spacial score (nSPS) is 20.7. The summed E-state index contributed by atoms with van der Waals surface area (Å²) in [6.07, 6.45) is 3.54. The van der Waals surface area contributed by atoms with Crippen molar-refractivity contribution in [2.24, 2.45) is 5.92 Å². The van der Waals surface area contributed by atoms with Gasteiger partial charge in [0.15, 0.2) is 0 Å². The van der Waals surface area contributed by atoms with Gasteiger partial charge in [0.2, 0.25) is 0 Å². The van der Waals surface area contributed by atoms with Gasteiger partial charge < -0.3 is 10.6 Å². The SMILES string of the molecule is CCC[C@@H]1Nc2cc3ccccc3cc2[C@@H](Nc2ccc3ccccc3c2)[C@@H]1CC. The first-order chi connectivity index (χ1) is 14.8. The van der Waals surface area contributed by atoms with E-state index in [1.165, 1.54) is 51.3 Å². The van der Waals surface area contributed by atoms with Crippen LogP contribution < -0.4 is 10.6 Å². The third kappa shape index (κ3) is 3.41. The molecule has 0 saturated heterocycles. The zero-order chi connectivity index (χ0) is 20.5. The van der Waals surface area contributed by atoms with Gasteiger partial charge in [-0.1, -0.05) is 74.9 Å².